The first-order valence-corrected chi connectivity index (χ1v) is 5.78. The zero-order chi connectivity index (χ0) is 12.4. The second kappa shape index (κ2) is 5.04. The maximum absolute atomic E-state index is 9.58. The molecule has 2 N–H and O–H groups in total. The predicted octanol–water partition coefficient (Wildman–Crippen LogP) is 1.15. The van der Waals surface area contributed by atoms with Gasteiger partial charge in [0.25, 0.3) is 0 Å². The molecule has 1 aliphatic heterocycles. The van der Waals surface area contributed by atoms with Crippen LogP contribution in [-0.2, 0) is 4.74 Å². The highest BCUT2D eigenvalue weighted by atomic mass is 16.7. The van der Waals surface area contributed by atoms with Crippen molar-refractivity contribution in [1.82, 2.24) is 0 Å². The third-order valence-corrected chi connectivity index (χ3v) is 2.83. The molecule has 0 aliphatic carbocycles. The third kappa shape index (κ3) is 2.97. The number of hydrogen-bond donors (Lipinski definition) is 2. The van der Waals surface area contributed by atoms with Gasteiger partial charge in [-0.15, -0.1) is 0 Å². The molecule has 0 spiro atoms. The van der Waals surface area contributed by atoms with Crippen LogP contribution in [0.3, 0.4) is 0 Å². The molecule has 0 bridgehead atoms. The van der Waals surface area contributed by atoms with Gasteiger partial charge < -0.3 is 19.7 Å². The Morgan fingerprint density at radius 1 is 1.29 bits per heavy atom. The van der Waals surface area contributed by atoms with E-state index in [0.29, 0.717) is 6.42 Å². The quantitative estimate of drug-likeness (QED) is 0.829. The summed E-state index contributed by atoms with van der Waals surface area (Å²) in [6.45, 7) is 3.81. The third-order valence-electron chi connectivity index (χ3n) is 2.83. The number of aliphatic hydroxyl groups excluding tert-OH is 2. The zero-order valence-electron chi connectivity index (χ0n) is 10.1. The van der Waals surface area contributed by atoms with Gasteiger partial charge in [-0.1, -0.05) is 6.07 Å². The summed E-state index contributed by atoms with van der Waals surface area (Å²) in [5.74, 6) is 0.735. The van der Waals surface area contributed by atoms with Crippen LogP contribution in [0.5, 0.6) is 5.75 Å². The molecule has 1 aliphatic rings. The van der Waals surface area contributed by atoms with Crippen molar-refractivity contribution < 1.29 is 19.7 Å². The number of aliphatic hydroxyl groups is 2. The Kier molecular flexibility index (Phi) is 3.66. The highest BCUT2D eigenvalue weighted by Crippen LogP contribution is 2.25. The van der Waals surface area contributed by atoms with Gasteiger partial charge in [-0.05, 0) is 37.1 Å². The molecule has 0 unspecified atom stereocenters. The fourth-order valence-electron chi connectivity index (χ4n) is 2.08. The second-order valence-corrected chi connectivity index (χ2v) is 4.53. The molecule has 2 rings (SSSR count). The highest BCUT2D eigenvalue weighted by Gasteiger charge is 2.34. The summed E-state index contributed by atoms with van der Waals surface area (Å²) in [5.41, 5.74) is 2.24. The molecule has 1 saturated heterocycles. The Morgan fingerprint density at radius 2 is 1.94 bits per heavy atom. The van der Waals surface area contributed by atoms with Crippen molar-refractivity contribution in [2.24, 2.45) is 0 Å². The highest BCUT2D eigenvalue weighted by molar-refractivity contribution is 5.33. The molecule has 1 aromatic rings. The standard InChI is InChI=1S/C13H18O4/c1-8-3-9(2)5-10(4-8)16-13-6-11(15)12(7-14)17-13/h3-5,11-15H,6-7H2,1-2H3/t11-,12+,13+/m0/s1. The Bertz CT molecular complexity index is 371. The van der Waals surface area contributed by atoms with E-state index in [2.05, 4.69) is 6.07 Å². The molecule has 0 amide bonds. The van der Waals surface area contributed by atoms with Crippen molar-refractivity contribution in [1.29, 1.82) is 0 Å². The number of hydrogen-bond acceptors (Lipinski definition) is 4. The van der Waals surface area contributed by atoms with E-state index in [4.69, 9.17) is 14.6 Å². The normalized spacial score (nSPS) is 28.4. The van der Waals surface area contributed by atoms with Crippen LogP contribution in [0, 0.1) is 13.8 Å². The average molecular weight is 238 g/mol. The van der Waals surface area contributed by atoms with E-state index in [1.165, 1.54) is 0 Å². The molecule has 1 heterocycles. The lowest BCUT2D eigenvalue weighted by molar-refractivity contribution is -0.0932. The van der Waals surface area contributed by atoms with Crippen LogP contribution in [0.1, 0.15) is 17.5 Å². The number of aryl methyl sites for hydroxylation is 2. The first-order valence-electron chi connectivity index (χ1n) is 5.78. The molecule has 3 atom stereocenters. The molecule has 94 valence electrons. The SMILES string of the molecule is Cc1cc(C)cc(O[C@H]2C[C@H](O)[C@@H](CO)O2)c1. The maximum Gasteiger partial charge on any atom is 0.202 e. The molecule has 1 fully saturated rings. The van der Waals surface area contributed by atoms with E-state index in [0.717, 1.165) is 16.9 Å². The van der Waals surface area contributed by atoms with Crippen molar-refractivity contribution in [2.75, 3.05) is 6.61 Å². The van der Waals surface area contributed by atoms with Gasteiger partial charge in [-0.2, -0.15) is 0 Å². The topological polar surface area (TPSA) is 58.9 Å². The molecule has 0 radical (unpaired) electrons. The van der Waals surface area contributed by atoms with Crippen LogP contribution < -0.4 is 4.74 Å². The number of rotatable bonds is 3. The monoisotopic (exact) mass is 238 g/mol. The van der Waals surface area contributed by atoms with Crippen molar-refractivity contribution >= 4 is 0 Å². The summed E-state index contributed by atoms with van der Waals surface area (Å²) in [6.07, 6.45) is -1.29. The van der Waals surface area contributed by atoms with Gasteiger partial charge >= 0.3 is 0 Å². The van der Waals surface area contributed by atoms with E-state index in [-0.39, 0.29) is 6.61 Å². The van der Waals surface area contributed by atoms with Crippen LogP contribution in [0.15, 0.2) is 18.2 Å². The van der Waals surface area contributed by atoms with E-state index >= 15 is 0 Å². The summed E-state index contributed by atoms with van der Waals surface area (Å²) < 4.78 is 11.0. The fourth-order valence-corrected chi connectivity index (χ4v) is 2.08. The minimum Gasteiger partial charge on any atom is -0.465 e. The lowest BCUT2D eigenvalue weighted by Gasteiger charge is -2.15. The Balaban J connectivity index is 2.02. The summed E-state index contributed by atoms with van der Waals surface area (Å²) >= 11 is 0. The van der Waals surface area contributed by atoms with Gasteiger partial charge in [0, 0.05) is 6.42 Å². The average Bonchev–Trinajstić information content (AvgIpc) is 2.57. The molecule has 0 saturated carbocycles. The zero-order valence-corrected chi connectivity index (χ0v) is 10.1. The first-order chi connectivity index (χ1) is 8.08. The van der Waals surface area contributed by atoms with Gasteiger partial charge in [0.05, 0.1) is 12.7 Å². The van der Waals surface area contributed by atoms with Crippen LogP contribution >= 0.6 is 0 Å². The van der Waals surface area contributed by atoms with Crippen molar-refractivity contribution in [3.8, 4) is 5.75 Å². The molecule has 4 heteroatoms. The molecule has 17 heavy (non-hydrogen) atoms. The number of ether oxygens (including phenoxy) is 2. The van der Waals surface area contributed by atoms with Crippen LogP contribution in [0.2, 0.25) is 0 Å². The van der Waals surface area contributed by atoms with E-state index in [1.54, 1.807) is 0 Å². The lowest BCUT2D eigenvalue weighted by Crippen LogP contribution is -2.24. The van der Waals surface area contributed by atoms with Gasteiger partial charge in [0.1, 0.15) is 11.9 Å². The summed E-state index contributed by atoms with van der Waals surface area (Å²) in [7, 11) is 0. The largest absolute Gasteiger partial charge is 0.465 e. The second-order valence-electron chi connectivity index (χ2n) is 4.53. The van der Waals surface area contributed by atoms with E-state index < -0.39 is 18.5 Å². The van der Waals surface area contributed by atoms with Gasteiger partial charge in [-0.3, -0.25) is 0 Å². The van der Waals surface area contributed by atoms with Crippen LogP contribution in [-0.4, -0.2) is 35.3 Å². The van der Waals surface area contributed by atoms with Gasteiger partial charge in [-0.25, -0.2) is 0 Å². The maximum atomic E-state index is 9.58. The Hall–Kier alpha value is -1.10. The minimum atomic E-state index is -0.657. The van der Waals surface area contributed by atoms with Crippen molar-refractivity contribution in [2.45, 2.75) is 38.8 Å². The molecule has 1 aromatic carbocycles. The van der Waals surface area contributed by atoms with Gasteiger partial charge in [0.2, 0.25) is 6.29 Å². The van der Waals surface area contributed by atoms with Crippen molar-refractivity contribution in [3.63, 3.8) is 0 Å². The van der Waals surface area contributed by atoms with Crippen LogP contribution in [0.4, 0.5) is 0 Å². The first kappa shape index (κ1) is 12.4. The van der Waals surface area contributed by atoms with E-state index in [9.17, 15) is 5.11 Å². The molecule has 0 aromatic heterocycles. The van der Waals surface area contributed by atoms with Crippen molar-refractivity contribution in [3.05, 3.63) is 29.3 Å². The predicted molar refractivity (Wildman–Crippen MR) is 62.9 cm³/mol. The Labute approximate surface area is 101 Å². The molecule has 4 nitrogen and oxygen atoms in total. The van der Waals surface area contributed by atoms with Gasteiger partial charge in [0.15, 0.2) is 0 Å². The molecular weight excluding hydrogens is 220 g/mol. The Morgan fingerprint density at radius 3 is 2.47 bits per heavy atom. The summed E-state index contributed by atoms with van der Waals surface area (Å²) in [6, 6.07) is 5.91. The minimum absolute atomic E-state index is 0.187. The lowest BCUT2D eigenvalue weighted by atomic mass is 10.1. The van der Waals surface area contributed by atoms with Crippen LogP contribution in [0.25, 0.3) is 0 Å². The fraction of sp³-hybridized carbons (Fsp3) is 0.538. The number of benzene rings is 1. The summed E-state index contributed by atoms with van der Waals surface area (Å²) in [4.78, 5) is 0. The smallest absolute Gasteiger partial charge is 0.202 e. The van der Waals surface area contributed by atoms with E-state index in [1.807, 2.05) is 26.0 Å². The molecular formula is C13H18O4. The summed E-state index contributed by atoms with van der Waals surface area (Å²) in [5, 5.41) is 18.5.